The van der Waals surface area contributed by atoms with Crippen LogP contribution in [0.15, 0.2) is 32.8 Å². The largest absolute Gasteiger partial charge is 0.478 e. The van der Waals surface area contributed by atoms with Gasteiger partial charge in [0, 0.05) is 11.1 Å². The number of halogens is 2. The van der Waals surface area contributed by atoms with Crippen LogP contribution in [0.3, 0.4) is 0 Å². The monoisotopic (exact) mass is 363 g/mol. The van der Waals surface area contributed by atoms with Gasteiger partial charge in [0.2, 0.25) is 0 Å². The van der Waals surface area contributed by atoms with Crippen molar-refractivity contribution in [2.45, 2.75) is 6.54 Å². The van der Waals surface area contributed by atoms with Crippen molar-refractivity contribution in [3.63, 3.8) is 0 Å². The van der Waals surface area contributed by atoms with E-state index in [1.54, 1.807) is 23.6 Å². The van der Waals surface area contributed by atoms with Gasteiger partial charge in [-0.15, -0.1) is 11.3 Å². The summed E-state index contributed by atoms with van der Waals surface area (Å²) in [6.45, 7) is 0.671. The van der Waals surface area contributed by atoms with Crippen LogP contribution in [-0.2, 0) is 6.54 Å². The number of nitrogens with zero attached hydrogens (tertiary/aromatic N) is 1. The van der Waals surface area contributed by atoms with Crippen molar-refractivity contribution in [3.05, 3.63) is 43.2 Å². The molecule has 0 unspecified atom stereocenters. The Morgan fingerprint density at radius 2 is 2.19 bits per heavy atom. The lowest BCUT2D eigenvalue weighted by atomic mass is 10.4. The van der Waals surface area contributed by atoms with Crippen LogP contribution >= 0.6 is 43.2 Å². The number of carboxylic acid groups (broad SMARTS) is 1. The quantitative estimate of drug-likeness (QED) is 0.899. The summed E-state index contributed by atoms with van der Waals surface area (Å²) >= 11 is 8.37. The Morgan fingerprint density at radius 1 is 1.44 bits per heavy atom. The Balaban J connectivity index is 2.24. The van der Waals surface area contributed by atoms with Gasteiger partial charge in [-0.2, -0.15) is 0 Å². The molecule has 3 nitrogen and oxygen atoms in total. The van der Waals surface area contributed by atoms with E-state index < -0.39 is 5.97 Å². The van der Waals surface area contributed by atoms with Crippen molar-refractivity contribution in [2.75, 3.05) is 0 Å². The highest BCUT2D eigenvalue weighted by Crippen LogP contribution is 2.25. The smallest absolute Gasteiger partial charge is 0.337 e. The van der Waals surface area contributed by atoms with Gasteiger partial charge >= 0.3 is 5.97 Å². The molecule has 0 radical (unpaired) electrons. The molecule has 0 spiro atoms. The molecule has 6 heteroatoms. The predicted octanol–water partition coefficient (Wildman–Crippen LogP) is 3.82. The number of carbonyl (C=O) groups is 1. The van der Waals surface area contributed by atoms with E-state index in [0.717, 1.165) is 8.39 Å². The van der Waals surface area contributed by atoms with Crippen LogP contribution in [0.4, 0.5) is 0 Å². The van der Waals surface area contributed by atoms with Gasteiger partial charge in [0.05, 0.1) is 20.5 Å². The minimum atomic E-state index is -0.910. The second-order valence-electron chi connectivity index (χ2n) is 3.19. The Hall–Kier alpha value is -0.590. The van der Waals surface area contributed by atoms with E-state index in [0.29, 0.717) is 12.1 Å². The van der Waals surface area contributed by atoms with E-state index in [4.69, 9.17) is 5.11 Å². The van der Waals surface area contributed by atoms with Crippen molar-refractivity contribution in [2.24, 2.45) is 0 Å². The molecule has 84 valence electrons. The summed E-state index contributed by atoms with van der Waals surface area (Å²) in [6.07, 6.45) is 1.63. The molecule has 0 saturated carbocycles. The lowest BCUT2D eigenvalue weighted by Crippen LogP contribution is -1.97. The van der Waals surface area contributed by atoms with Crippen LogP contribution in [0.25, 0.3) is 0 Å². The van der Waals surface area contributed by atoms with Crippen LogP contribution in [0.1, 0.15) is 15.2 Å². The molecule has 2 heterocycles. The highest BCUT2D eigenvalue weighted by molar-refractivity contribution is 9.11. The highest BCUT2D eigenvalue weighted by Gasteiger charge is 2.10. The topological polar surface area (TPSA) is 42.2 Å². The third kappa shape index (κ3) is 2.56. The Morgan fingerprint density at radius 3 is 2.69 bits per heavy atom. The summed E-state index contributed by atoms with van der Waals surface area (Å²) < 4.78 is 3.71. The van der Waals surface area contributed by atoms with Crippen LogP contribution in [0.5, 0.6) is 0 Å². The van der Waals surface area contributed by atoms with Crippen LogP contribution in [0, 0.1) is 0 Å². The van der Waals surface area contributed by atoms with Gasteiger partial charge in [-0.05, 0) is 50.1 Å². The zero-order chi connectivity index (χ0) is 11.7. The normalized spacial score (nSPS) is 10.6. The summed E-state index contributed by atoms with van der Waals surface area (Å²) in [5, 5.41) is 8.85. The lowest BCUT2D eigenvalue weighted by molar-refractivity contribution is 0.0697. The molecule has 16 heavy (non-hydrogen) atoms. The number of thiophene rings is 1. The summed E-state index contributed by atoms with van der Waals surface area (Å²) in [5.74, 6) is -0.910. The molecule has 0 aliphatic heterocycles. The number of carboxylic acids is 1. The second-order valence-corrected chi connectivity index (χ2v) is 6.55. The number of rotatable bonds is 3. The van der Waals surface area contributed by atoms with E-state index in [1.165, 1.54) is 4.88 Å². The highest BCUT2D eigenvalue weighted by atomic mass is 79.9. The molecular formula is C10H7Br2NO2S. The zero-order valence-corrected chi connectivity index (χ0v) is 12.0. The molecule has 0 atom stereocenters. The van der Waals surface area contributed by atoms with E-state index in [2.05, 4.69) is 31.9 Å². The maximum atomic E-state index is 10.8. The first-order valence-electron chi connectivity index (χ1n) is 4.39. The van der Waals surface area contributed by atoms with Crippen molar-refractivity contribution < 1.29 is 9.90 Å². The van der Waals surface area contributed by atoms with Gasteiger partial charge in [0.1, 0.15) is 0 Å². The number of hydrogen-bond donors (Lipinski definition) is 1. The van der Waals surface area contributed by atoms with Gasteiger partial charge in [-0.3, -0.25) is 0 Å². The van der Waals surface area contributed by atoms with E-state index >= 15 is 0 Å². The summed E-state index contributed by atoms with van der Waals surface area (Å²) in [7, 11) is 0. The zero-order valence-electron chi connectivity index (χ0n) is 7.98. The first kappa shape index (κ1) is 11.9. The van der Waals surface area contributed by atoms with Gasteiger partial charge < -0.3 is 9.67 Å². The fourth-order valence-corrected chi connectivity index (χ4v) is 3.28. The third-order valence-corrected chi connectivity index (χ3v) is 4.34. The molecule has 2 aromatic heterocycles. The van der Waals surface area contributed by atoms with Crippen LogP contribution in [-0.4, -0.2) is 15.6 Å². The molecule has 0 amide bonds. The maximum Gasteiger partial charge on any atom is 0.337 e. The Labute approximate surface area is 113 Å². The standard InChI is InChI=1S/C10H7Br2NO2S/c11-8-3-6(10(14)15)4-13(8)5-7-1-2-9(12)16-7/h1-4H,5H2,(H,14,15). The Bertz CT molecular complexity index is 533. The van der Waals surface area contributed by atoms with Crippen LogP contribution < -0.4 is 0 Å². The number of hydrogen-bond acceptors (Lipinski definition) is 2. The summed E-state index contributed by atoms with van der Waals surface area (Å²) in [5.41, 5.74) is 0.294. The molecule has 2 aromatic rings. The van der Waals surface area contributed by atoms with Crippen LogP contribution in [0.2, 0.25) is 0 Å². The van der Waals surface area contributed by atoms with Crippen molar-refractivity contribution >= 4 is 49.2 Å². The predicted molar refractivity (Wildman–Crippen MR) is 70.2 cm³/mol. The lowest BCUT2D eigenvalue weighted by Gasteiger charge is -2.01. The van der Waals surface area contributed by atoms with Gasteiger partial charge in [-0.25, -0.2) is 4.79 Å². The summed E-state index contributed by atoms with van der Waals surface area (Å²) in [4.78, 5) is 12.0. The first-order chi connectivity index (χ1) is 7.56. The van der Waals surface area contributed by atoms with Crippen molar-refractivity contribution in [1.29, 1.82) is 0 Å². The molecule has 0 aliphatic carbocycles. The maximum absolute atomic E-state index is 10.8. The average Bonchev–Trinajstić information content (AvgIpc) is 2.75. The molecule has 0 bridgehead atoms. The molecule has 0 aliphatic rings. The fraction of sp³-hybridized carbons (Fsp3) is 0.100. The molecule has 1 N–H and O–H groups in total. The Kier molecular flexibility index (Phi) is 3.51. The van der Waals surface area contributed by atoms with Crippen molar-refractivity contribution in [1.82, 2.24) is 4.57 Å². The molecule has 0 fully saturated rings. The number of aromatic nitrogens is 1. The second kappa shape index (κ2) is 4.73. The van der Waals surface area contributed by atoms with Gasteiger partial charge in [0.15, 0.2) is 0 Å². The SMILES string of the molecule is O=C(O)c1cc(Br)n(Cc2ccc(Br)s2)c1. The van der Waals surface area contributed by atoms with E-state index in [1.807, 2.05) is 16.7 Å². The van der Waals surface area contributed by atoms with Gasteiger partial charge in [0.25, 0.3) is 0 Å². The fourth-order valence-electron chi connectivity index (χ4n) is 1.32. The van der Waals surface area contributed by atoms with Crippen molar-refractivity contribution in [3.8, 4) is 0 Å². The minimum Gasteiger partial charge on any atom is -0.478 e. The molecular weight excluding hydrogens is 358 g/mol. The molecule has 2 rings (SSSR count). The average molecular weight is 365 g/mol. The minimum absolute atomic E-state index is 0.294. The number of aromatic carboxylic acids is 1. The first-order valence-corrected chi connectivity index (χ1v) is 6.79. The summed E-state index contributed by atoms with van der Waals surface area (Å²) in [6, 6.07) is 5.60. The molecule has 0 aromatic carbocycles. The van der Waals surface area contributed by atoms with Gasteiger partial charge in [-0.1, -0.05) is 0 Å². The molecule has 0 saturated heterocycles. The van der Waals surface area contributed by atoms with E-state index in [-0.39, 0.29) is 0 Å². The third-order valence-electron chi connectivity index (χ3n) is 2.05. The van der Waals surface area contributed by atoms with E-state index in [9.17, 15) is 4.79 Å².